The first kappa shape index (κ1) is 37.0. The predicted octanol–water partition coefficient (Wildman–Crippen LogP) is 4.52. The van der Waals surface area contributed by atoms with Crippen LogP contribution in [0.5, 0.6) is 0 Å². The van der Waals surface area contributed by atoms with Gasteiger partial charge in [-0.05, 0) is 88.1 Å². The van der Waals surface area contributed by atoms with Gasteiger partial charge in [0.2, 0.25) is 0 Å². The first-order valence-corrected chi connectivity index (χ1v) is 16.0. The highest BCUT2D eigenvalue weighted by Crippen LogP contribution is 2.25. The molecule has 47 heavy (non-hydrogen) atoms. The van der Waals surface area contributed by atoms with Gasteiger partial charge in [0, 0.05) is 13.0 Å². The summed E-state index contributed by atoms with van der Waals surface area (Å²) >= 11 is 0. The Kier molecular flexibility index (Phi) is 12.9. The van der Waals surface area contributed by atoms with Gasteiger partial charge in [-0.3, -0.25) is 24.2 Å². The molecule has 256 valence electrons. The molecule has 4 N–H and O–H groups in total. The van der Waals surface area contributed by atoms with Crippen LogP contribution in [-0.2, 0) is 35.1 Å². The van der Waals surface area contributed by atoms with Crippen LogP contribution in [0.1, 0.15) is 84.9 Å². The number of carbonyl (C=O) groups is 5. The normalized spacial score (nSPS) is 16.9. The van der Waals surface area contributed by atoms with Crippen LogP contribution < -0.4 is 16.1 Å². The fraction of sp³-hybridized carbons (Fsp3) is 0.514. The molecule has 1 aliphatic heterocycles. The highest BCUT2D eigenvalue weighted by molar-refractivity contribution is 5.90. The molecule has 0 saturated carbocycles. The van der Waals surface area contributed by atoms with E-state index in [9.17, 15) is 29.1 Å². The number of rotatable bonds is 12. The van der Waals surface area contributed by atoms with E-state index in [4.69, 9.17) is 9.47 Å². The van der Waals surface area contributed by atoms with Gasteiger partial charge in [0.25, 0.3) is 11.8 Å². The van der Waals surface area contributed by atoms with Crippen molar-refractivity contribution in [1.29, 1.82) is 0 Å². The molecule has 0 bridgehead atoms. The van der Waals surface area contributed by atoms with Crippen LogP contribution in [-0.4, -0.2) is 70.3 Å². The third kappa shape index (κ3) is 11.4. The van der Waals surface area contributed by atoms with E-state index in [2.05, 4.69) is 16.1 Å². The number of aliphatic carboxylic acids is 1. The second-order valence-corrected chi connectivity index (χ2v) is 13.2. The number of carboxylic acid groups (broad SMARTS) is 1. The zero-order valence-electron chi connectivity index (χ0n) is 28.3. The summed E-state index contributed by atoms with van der Waals surface area (Å²) < 4.78 is 10.9. The van der Waals surface area contributed by atoms with E-state index < -0.39 is 53.6 Å². The third-order valence-corrected chi connectivity index (χ3v) is 7.63. The van der Waals surface area contributed by atoms with Gasteiger partial charge >= 0.3 is 18.0 Å². The van der Waals surface area contributed by atoms with Crippen LogP contribution in [0.2, 0.25) is 0 Å². The SMILES string of the molecule is CC(NC(=O)OC(C)(C)C)c1cccc(-c2ccc(CCC(=O)O[C@H](C(=O)N[C@@H](C)C(=O)N3CCC[C@@H](C(=O)O)N3)C(C)C)cc2)c1. The monoisotopic (exact) mass is 652 g/mol. The van der Waals surface area contributed by atoms with Crippen molar-refractivity contribution in [2.75, 3.05) is 6.54 Å². The summed E-state index contributed by atoms with van der Waals surface area (Å²) in [4.78, 5) is 62.1. The average molecular weight is 653 g/mol. The lowest BCUT2D eigenvalue weighted by Gasteiger charge is -2.34. The van der Waals surface area contributed by atoms with Crippen molar-refractivity contribution in [3.63, 3.8) is 0 Å². The zero-order chi connectivity index (χ0) is 34.9. The molecule has 0 aliphatic carbocycles. The number of hydrogen-bond acceptors (Lipinski definition) is 8. The summed E-state index contributed by atoms with van der Waals surface area (Å²) in [6.45, 7) is 12.7. The lowest BCUT2D eigenvalue weighted by Crippen LogP contribution is -2.60. The molecule has 1 heterocycles. The molecular weight excluding hydrogens is 604 g/mol. The Morgan fingerprint density at radius 1 is 0.979 bits per heavy atom. The summed E-state index contributed by atoms with van der Waals surface area (Å²) in [6.07, 6.45) is -0.192. The summed E-state index contributed by atoms with van der Waals surface area (Å²) in [5.41, 5.74) is 5.89. The van der Waals surface area contributed by atoms with E-state index in [1.807, 2.05) is 76.2 Å². The van der Waals surface area contributed by atoms with Crippen molar-refractivity contribution in [1.82, 2.24) is 21.1 Å². The Hall–Kier alpha value is -4.45. The standard InChI is InChI=1S/C35H48N4O8/c1-21(2)30(31(41)36-23(4)32(42)39-19-9-12-28(38-39)33(43)44)46-29(40)18-15-24-13-16-25(17-14-24)27-11-8-10-26(20-27)22(3)37-34(45)47-35(5,6)7/h8,10-11,13-14,16-17,20-23,28,30,38H,9,12,15,18-19H2,1-7H3,(H,36,41)(H,37,45)(H,43,44)/t22?,23-,28-,30-/m0/s1. The molecule has 1 saturated heterocycles. The second-order valence-electron chi connectivity index (χ2n) is 13.2. The first-order chi connectivity index (χ1) is 22.0. The van der Waals surface area contributed by atoms with Gasteiger partial charge in [-0.2, -0.15) is 0 Å². The van der Waals surface area contributed by atoms with Crippen molar-refractivity contribution < 1.29 is 38.6 Å². The van der Waals surface area contributed by atoms with Gasteiger partial charge < -0.3 is 25.2 Å². The quantitative estimate of drug-likeness (QED) is 0.241. The number of alkyl carbamates (subject to hydrolysis) is 1. The number of hydrogen-bond donors (Lipinski definition) is 4. The lowest BCUT2D eigenvalue weighted by atomic mass is 9.98. The number of nitrogens with zero attached hydrogens (tertiary/aromatic N) is 1. The zero-order valence-corrected chi connectivity index (χ0v) is 28.3. The maximum Gasteiger partial charge on any atom is 0.408 e. The number of esters is 1. The van der Waals surface area contributed by atoms with Crippen LogP contribution in [0.25, 0.3) is 11.1 Å². The Labute approximate surface area is 276 Å². The van der Waals surface area contributed by atoms with Gasteiger partial charge in [0.15, 0.2) is 6.10 Å². The largest absolute Gasteiger partial charge is 0.480 e. The summed E-state index contributed by atoms with van der Waals surface area (Å²) in [5, 5.41) is 15.9. The predicted molar refractivity (Wildman–Crippen MR) is 176 cm³/mol. The van der Waals surface area contributed by atoms with Crippen LogP contribution in [0.3, 0.4) is 0 Å². The highest BCUT2D eigenvalue weighted by atomic mass is 16.6. The fourth-order valence-corrected chi connectivity index (χ4v) is 5.07. The van der Waals surface area contributed by atoms with E-state index in [0.717, 1.165) is 22.3 Å². The summed E-state index contributed by atoms with van der Waals surface area (Å²) in [6, 6.07) is 13.6. The smallest absolute Gasteiger partial charge is 0.408 e. The number of aryl methyl sites for hydroxylation is 1. The molecule has 2 aromatic carbocycles. The van der Waals surface area contributed by atoms with Gasteiger partial charge in [-0.1, -0.05) is 56.3 Å². The van der Waals surface area contributed by atoms with Crippen molar-refractivity contribution in [2.24, 2.45) is 5.92 Å². The molecule has 0 spiro atoms. The molecular formula is C35H48N4O8. The molecule has 1 fully saturated rings. The summed E-state index contributed by atoms with van der Waals surface area (Å²) in [5.74, 6) is -3.00. The first-order valence-electron chi connectivity index (χ1n) is 16.0. The molecule has 12 heteroatoms. The van der Waals surface area contributed by atoms with Gasteiger partial charge in [0.05, 0.1) is 6.04 Å². The van der Waals surface area contributed by atoms with E-state index in [1.54, 1.807) is 13.8 Å². The average Bonchev–Trinajstić information content (AvgIpc) is 3.01. The van der Waals surface area contributed by atoms with Crippen molar-refractivity contribution in [3.8, 4) is 11.1 Å². The minimum Gasteiger partial charge on any atom is -0.480 e. The molecule has 4 atom stereocenters. The minimum absolute atomic E-state index is 0.0575. The minimum atomic E-state index is -1.10. The van der Waals surface area contributed by atoms with Crippen LogP contribution >= 0.6 is 0 Å². The van der Waals surface area contributed by atoms with E-state index in [1.165, 1.54) is 11.9 Å². The van der Waals surface area contributed by atoms with E-state index >= 15 is 0 Å². The molecule has 2 aromatic rings. The molecule has 12 nitrogen and oxygen atoms in total. The van der Waals surface area contributed by atoms with Gasteiger partial charge in [-0.25, -0.2) is 10.2 Å². The highest BCUT2D eigenvalue weighted by Gasteiger charge is 2.33. The molecule has 1 unspecified atom stereocenters. The Balaban J connectivity index is 1.53. The molecule has 3 amide bonds. The Morgan fingerprint density at radius 2 is 1.66 bits per heavy atom. The Morgan fingerprint density at radius 3 is 2.28 bits per heavy atom. The molecule has 0 aromatic heterocycles. The second kappa shape index (κ2) is 16.4. The van der Waals surface area contributed by atoms with Crippen LogP contribution in [0, 0.1) is 5.92 Å². The fourth-order valence-electron chi connectivity index (χ4n) is 5.07. The number of carbonyl (C=O) groups excluding carboxylic acids is 4. The van der Waals surface area contributed by atoms with Crippen molar-refractivity contribution in [3.05, 3.63) is 59.7 Å². The number of nitrogens with one attached hydrogen (secondary N) is 3. The van der Waals surface area contributed by atoms with E-state index in [0.29, 0.717) is 25.8 Å². The number of hydrazine groups is 1. The maximum absolute atomic E-state index is 13.0. The number of ether oxygens (including phenoxy) is 2. The van der Waals surface area contributed by atoms with Crippen LogP contribution in [0.15, 0.2) is 48.5 Å². The molecule has 3 rings (SSSR count). The third-order valence-electron chi connectivity index (χ3n) is 7.63. The maximum atomic E-state index is 13.0. The number of amides is 3. The van der Waals surface area contributed by atoms with Crippen LogP contribution in [0.4, 0.5) is 4.79 Å². The Bertz CT molecular complexity index is 1420. The molecule has 0 radical (unpaired) electrons. The number of carboxylic acids is 1. The topological polar surface area (TPSA) is 163 Å². The molecule has 1 aliphatic rings. The summed E-state index contributed by atoms with van der Waals surface area (Å²) in [7, 11) is 0. The van der Waals surface area contributed by atoms with Gasteiger partial charge in [-0.15, -0.1) is 0 Å². The lowest BCUT2D eigenvalue weighted by molar-refractivity contribution is -0.159. The van der Waals surface area contributed by atoms with Crippen molar-refractivity contribution in [2.45, 2.75) is 104 Å². The van der Waals surface area contributed by atoms with Crippen molar-refractivity contribution >= 4 is 29.8 Å². The van der Waals surface area contributed by atoms with E-state index in [-0.39, 0.29) is 18.4 Å². The van der Waals surface area contributed by atoms with Gasteiger partial charge in [0.1, 0.15) is 17.7 Å². The number of benzene rings is 2.